The number of rotatable bonds is 5. The molecule has 6 heteroatoms. The lowest BCUT2D eigenvalue weighted by Gasteiger charge is -2.05. The molecule has 0 aromatic carbocycles. The first-order valence-electron chi connectivity index (χ1n) is 5.04. The van der Waals surface area contributed by atoms with E-state index >= 15 is 0 Å². The van der Waals surface area contributed by atoms with E-state index in [1.807, 2.05) is 0 Å². The summed E-state index contributed by atoms with van der Waals surface area (Å²) in [7, 11) is 0. The van der Waals surface area contributed by atoms with E-state index in [4.69, 9.17) is 16.3 Å². The summed E-state index contributed by atoms with van der Waals surface area (Å²) in [6.45, 7) is 5.28. The molecule has 0 amide bonds. The fraction of sp³-hybridized carbons (Fsp3) is 0.250. The van der Waals surface area contributed by atoms with Gasteiger partial charge in [-0.1, -0.05) is 18.6 Å². The lowest BCUT2D eigenvalue weighted by molar-refractivity contribution is 0.0535. The van der Waals surface area contributed by atoms with E-state index < -0.39 is 5.97 Å². The van der Waals surface area contributed by atoms with Crippen LogP contribution in [0.3, 0.4) is 0 Å². The zero-order valence-corrected chi connectivity index (χ0v) is 10.5. The van der Waals surface area contributed by atoms with E-state index in [2.05, 4.69) is 23.4 Å². The van der Waals surface area contributed by atoms with Crippen molar-refractivity contribution in [2.24, 2.45) is 0 Å². The molecule has 0 aliphatic rings. The summed E-state index contributed by atoms with van der Waals surface area (Å²) in [6, 6.07) is 0. The zero-order valence-electron chi connectivity index (χ0n) is 9.77. The molecule has 0 spiro atoms. The van der Waals surface area contributed by atoms with E-state index in [0.29, 0.717) is 6.29 Å². The molecule has 94 valence electrons. The molecule has 0 saturated carbocycles. The highest BCUT2D eigenvalue weighted by atomic mass is 35.5. The fourth-order valence-corrected chi connectivity index (χ4v) is 1.48. The third kappa shape index (κ3) is 2.99. The average Bonchev–Trinajstić information content (AvgIpc) is 2.69. The number of carbonyl (C=O) groups is 2. The Morgan fingerprint density at radius 3 is 2.94 bits per heavy atom. The van der Waals surface area contributed by atoms with Gasteiger partial charge in [-0.05, 0) is 18.5 Å². The number of hydrogen-bond donors (Lipinski definition) is 0. The molecule has 0 fully saturated rings. The van der Waals surface area contributed by atoms with Gasteiger partial charge in [0, 0.05) is 0 Å². The molecule has 0 aliphatic carbocycles. The molecule has 18 heavy (non-hydrogen) atoms. The van der Waals surface area contributed by atoms with Crippen LogP contribution in [0.1, 0.15) is 27.9 Å². The van der Waals surface area contributed by atoms with Crippen LogP contribution in [-0.4, -0.2) is 28.4 Å². The molecule has 0 atom stereocenters. The van der Waals surface area contributed by atoms with Gasteiger partial charge in [0.15, 0.2) is 12.0 Å². The molecule has 0 unspecified atom stereocenters. The number of esters is 1. The minimum Gasteiger partial charge on any atom is -0.457 e. The standard InChI is InChI=1S/C12H11ClN2O3/c1-3-5-6-15-10(11(17)18-7-4-2)9(8-16)14-12(15)13/h4,8H,2,6-7H2,1H3. The summed E-state index contributed by atoms with van der Waals surface area (Å²) in [4.78, 5) is 26.4. The first-order valence-corrected chi connectivity index (χ1v) is 5.42. The Bertz CT molecular complexity index is 537. The smallest absolute Gasteiger partial charge is 0.357 e. The van der Waals surface area contributed by atoms with Crippen molar-refractivity contribution in [3.63, 3.8) is 0 Å². The molecule has 5 nitrogen and oxygen atoms in total. The number of aromatic nitrogens is 2. The Hall–Kier alpha value is -2.06. The second kappa shape index (κ2) is 6.62. The van der Waals surface area contributed by atoms with Crippen molar-refractivity contribution in [3.05, 3.63) is 29.3 Å². The number of imidazole rings is 1. The van der Waals surface area contributed by atoms with Crippen LogP contribution in [0.2, 0.25) is 5.28 Å². The predicted molar refractivity (Wildman–Crippen MR) is 66.6 cm³/mol. The van der Waals surface area contributed by atoms with Crippen LogP contribution in [0.25, 0.3) is 0 Å². The van der Waals surface area contributed by atoms with Gasteiger partial charge in [-0.25, -0.2) is 9.78 Å². The largest absolute Gasteiger partial charge is 0.457 e. The Kier molecular flexibility index (Phi) is 5.15. The number of aldehydes is 1. The van der Waals surface area contributed by atoms with Gasteiger partial charge in [-0.3, -0.25) is 9.36 Å². The van der Waals surface area contributed by atoms with E-state index in [1.54, 1.807) is 6.92 Å². The number of hydrogen-bond acceptors (Lipinski definition) is 4. The zero-order chi connectivity index (χ0) is 13.5. The number of halogens is 1. The molecule has 1 aromatic heterocycles. The third-order valence-corrected chi connectivity index (χ3v) is 2.29. The van der Waals surface area contributed by atoms with Crippen LogP contribution in [-0.2, 0) is 11.3 Å². The monoisotopic (exact) mass is 266 g/mol. The highest BCUT2D eigenvalue weighted by molar-refractivity contribution is 6.29. The maximum absolute atomic E-state index is 11.8. The van der Waals surface area contributed by atoms with Crippen LogP contribution in [0, 0.1) is 11.8 Å². The summed E-state index contributed by atoms with van der Waals surface area (Å²) < 4.78 is 6.20. The highest BCUT2D eigenvalue weighted by Crippen LogP contribution is 2.16. The van der Waals surface area contributed by atoms with Crippen LogP contribution < -0.4 is 0 Å². The Labute approximate surface area is 109 Å². The Balaban J connectivity index is 3.18. The maximum Gasteiger partial charge on any atom is 0.357 e. The highest BCUT2D eigenvalue weighted by Gasteiger charge is 2.22. The quantitative estimate of drug-likeness (QED) is 0.352. The van der Waals surface area contributed by atoms with Crippen molar-refractivity contribution in [2.75, 3.05) is 6.61 Å². The van der Waals surface area contributed by atoms with E-state index in [-0.39, 0.29) is 29.8 Å². The average molecular weight is 267 g/mol. The van der Waals surface area contributed by atoms with Crippen LogP contribution in [0.15, 0.2) is 12.7 Å². The topological polar surface area (TPSA) is 61.2 Å². The van der Waals surface area contributed by atoms with Gasteiger partial charge in [-0.15, -0.1) is 5.92 Å². The number of nitrogens with zero attached hydrogens (tertiary/aromatic N) is 2. The molecular weight excluding hydrogens is 256 g/mol. The van der Waals surface area contributed by atoms with Gasteiger partial charge in [0.25, 0.3) is 0 Å². The Morgan fingerprint density at radius 1 is 1.67 bits per heavy atom. The van der Waals surface area contributed by atoms with E-state index in [9.17, 15) is 9.59 Å². The molecule has 0 N–H and O–H groups in total. The van der Waals surface area contributed by atoms with E-state index in [1.165, 1.54) is 10.6 Å². The summed E-state index contributed by atoms with van der Waals surface area (Å²) in [5.41, 5.74) is -0.0634. The van der Waals surface area contributed by atoms with Crippen LogP contribution in [0.4, 0.5) is 0 Å². The SMILES string of the molecule is C=CCOC(=O)c1c(C=O)nc(Cl)n1CC#CC. The van der Waals surface area contributed by atoms with Crippen LogP contribution in [0.5, 0.6) is 0 Å². The molecule has 1 aromatic rings. The van der Waals surface area contributed by atoms with Crippen molar-refractivity contribution in [1.29, 1.82) is 0 Å². The van der Waals surface area contributed by atoms with Gasteiger partial charge in [0.1, 0.15) is 12.3 Å². The van der Waals surface area contributed by atoms with Gasteiger partial charge in [0.2, 0.25) is 5.28 Å². The predicted octanol–water partition coefficient (Wildman–Crippen LogP) is 1.72. The molecule has 1 heterocycles. The summed E-state index contributed by atoms with van der Waals surface area (Å²) in [5.74, 6) is 4.72. The maximum atomic E-state index is 11.8. The minimum atomic E-state index is -0.686. The molecule has 0 aliphatic heterocycles. The molecule has 0 bridgehead atoms. The summed E-state index contributed by atoms with van der Waals surface area (Å²) in [6.07, 6.45) is 1.87. The fourth-order valence-electron chi connectivity index (χ4n) is 1.25. The van der Waals surface area contributed by atoms with Crippen LogP contribution >= 0.6 is 11.6 Å². The normalized spacial score (nSPS) is 9.22. The third-order valence-electron chi connectivity index (χ3n) is 2.00. The lowest BCUT2D eigenvalue weighted by Crippen LogP contribution is -2.14. The van der Waals surface area contributed by atoms with Gasteiger partial charge in [-0.2, -0.15) is 0 Å². The van der Waals surface area contributed by atoms with Crippen molar-refractivity contribution in [1.82, 2.24) is 9.55 Å². The lowest BCUT2D eigenvalue weighted by atomic mass is 10.3. The van der Waals surface area contributed by atoms with Gasteiger partial charge >= 0.3 is 5.97 Å². The summed E-state index contributed by atoms with van der Waals surface area (Å²) >= 11 is 5.84. The minimum absolute atomic E-state index is 0.000370. The second-order valence-corrected chi connectivity index (χ2v) is 3.47. The van der Waals surface area contributed by atoms with Gasteiger partial charge < -0.3 is 4.74 Å². The van der Waals surface area contributed by atoms with Crippen molar-refractivity contribution < 1.29 is 14.3 Å². The van der Waals surface area contributed by atoms with Crippen molar-refractivity contribution in [3.8, 4) is 11.8 Å². The molecule has 0 saturated heterocycles. The number of ether oxygens (including phenoxy) is 1. The first kappa shape index (κ1) is 14.0. The van der Waals surface area contributed by atoms with Gasteiger partial charge in [0.05, 0.1) is 6.54 Å². The second-order valence-electron chi connectivity index (χ2n) is 3.13. The molecule has 0 radical (unpaired) electrons. The number of carbonyl (C=O) groups excluding carboxylic acids is 2. The molecular formula is C12H11ClN2O3. The summed E-state index contributed by atoms with van der Waals surface area (Å²) in [5, 5.41) is 0.0189. The first-order chi connectivity index (χ1) is 8.65. The Morgan fingerprint density at radius 2 is 2.39 bits per heavy atom. The van der Waals surface area contributed by atoms with E-state index in [0.717, 1.165) is 0 Å². The molecule has 1 rings (SSSR count). The van der Waals surface area contributed by atoms with Crippen molar-refractivity contribution >= 4 is 23.9 Å². The van der Waals surface area contributed by atoms with Crippen molar-refractivity contribution in [2.45, 2.75) is 13.5 Å².